The lowest BCUT2D eigenvalue weighted by atomic mass is 10.2. The molecule has 110 valence electrons. The number of nitrogens with one attached hydrogen (secondary N) is 1. The molecule has 1 N–H and O–H groups in total. The van der Waals surface area contributed by atoms with Crippen molar-refractivity contribution in [3.05, 3.63) is 34.9 Å². The fraction of sp³-hybridized carbons (Fsp3) is 0.429. The molecule has 5 nitrogen and oxygen atoms in total. The van der Waals surface area contributed by atoms with Crippen LogP contribution in [0.15, 0.2) is 24.3 Å². The van der Waals surface area contributed by atoms with Crippen LogP contribution >= 0.6 is 11.6 Å². The van der Waals surface area contributed by atoms with E-state index in [0.29, 0.717) is 18.1 Å². The molecule has 6 heteroatoms. The fourth-order valence-corrected chi connectivity index (χ4v) is 1.97. The molecule has 1 atom stereocenters. The van der Waals surface area contributed by atoms with Crippen molar-refractivity contribution in [2.45, 2.75) is 19.5 Å². The highest BCUT2D eigenvalue weighted by atomic mass is 35.5. The van der Waals surface area contributed by atoms with Crippen LogP contribution in [0.4, 0.5) is 0 Å². The van der Waals surface area contributed by atoms with Gasteiger partial charge in [-0.1, -0.05) is 23.7 Å². The van der Waals surface area contributed by atoms with Gasteiger partial charge in [0, 0.05) is 25.0 Å². The lowest BCUT2D eigenvalue weighted by molar-refractivity contribution is -0.145. The van der Waals surface area contributed by atoms with Crippen molar-refractivity contribution in [3.8, 4) is 0 Å². The molecule has 0 aliphatic heterocycles. The molecule has 1 aromatic carbocycles. The number of likely N-dealkylation sites (N-methyl/N-ethyl adjacent to an activating group) is 1. The summed E-state index contributed by atoms with van der Waals surface area (Å²) in [6.07, 6.45) is 0. The van der Waals surface area contributed by atoms with Crippen molar-refractivity contribution in [1.29, 1.82) is 0 Å². The van der Waals surface area contributed by atoms with Crippen LogP contribution in [-0.2, 0) is 20.9 Å². The van der Waals surface area contributed by atoms with Crippen LogP contribution in [0.3, 0.4) is 0 Å². The summed E-state index contributed by atoms with van der Waals surface area (Å²) in [5.74, 6) is -0.719. The molecule has 0 radical (unpaired) electrons. The number of carbonyl (C=O) groups is 2. The topological polar surface area (TPSA) is 58.6 Å². The highest BCUT2D eigenvalue weighted by Gasteiger charge is 2.21. The van der Waals surface area contributed by atoms with E-state index in [9.17, 15) is 9.59 Å². The zero-order valence-corrected chi connectivity index (χ0v) is 12.6. The van der Waals surface area contributed by atoms with Gasteiger partial charge in [0.1, 0.15) is 6.04 Å². The number of esters is 1. The van der Waals surface area contributed by atoms with Gasteiger partial charge in [-0.2, -0.15) is 0 Å². The van der Waals surface area contributed by atoms with Gasteiger partial charge in [0.05, 0.1) is 7.11 Å². The number of amides is 1. The Hall–Kier alpha value is -1.59. The molecule has 1 aromatic rings. The van der Waals surface area contributed by atoms with Gasteiger partial charge in [-0.05, 0) is 24.7 Å². The smallest absolute Gasteiger partial charge is 0.329 e. The molecule has 0 heterocycles. The Labute approximate surface area is 123 Å². The van der Waals surface area contributed by atoms with Crippen molar-refractivity contribution >= 4 is 23.5 Å². The first-order valence-corrected chi connectivity index (χ1v) is 6.58. The van der Waals surface area contributed by atoms with Gasteiger partial charge in [-0.15, -0.1) is 0 Å². The van der Waals surface area contributed by atoms with E-state index < -0.39 is 12.0 Å². The Kier molecular flexibility index (Phi) is 6.48. The second-order valence-corrected chi connectivity index (χ2v) is 5.04. The molecule has 1 amide bonds. The summed E-state index contributed by atoms with van der Waals surface area (Å²) in [4.78, 5) is 24.6. The normalized spacial score (nSPS) is 12.1. The number of hydrogen-bond donors (Lipinski definition) is 1. The van der Waals surface area contributed by atoms with Gasteiger partial charge in [0.2, 0.25) is 5.91 Å². The number of halogens is 1. The van der Waals surface area contributed by atoms with Crippen LogP contribution in [0.25, 0.3) is 0 Å². The first kappa shape index (κ1) is 16.5. The molecular formula is C14H19ClN2O3. The predicted octanol–water partition coefficient (Wildman–Crippen LogP) is 1.45. The van der Waals surface area contributed by atoms with Crippen molar-refractivity contribution < 1.29 is 14.3 Å². The van der Waals surface area contributed by atoms with E-state index in [1.807, 2.05) is 36.2 Å². The minimum atomic E-state index is -0.671. The highest BCUT2D eigenvalue weighted by Crippen LogP contribution is 2.11. The summed E-state index contributed by atoms with van der Waals surface area (Å²) in [5.41, 5.74) is 1.07. The maximum atomic E-state index is 11.6. The van der Waals surface area contributed by atoms with E-state index in [4.69, 9.17) is 11.6 Å². The molecule has 0 bridgehead atoms. The van der Waals surface area contributed by atoms with Gasteiger partial charge in [-0.25, -0.2) is 4.79 Å². The Morgan fingerprint density at radius 2 is 1.95 bits per heavy atom. The summed E-state index contributed by atoms with van der Waals surface area (Å²) in [7, 11) is 3.17. The number of ether oxygens (including phenoxy) is 1. The Morgan fingerprint density at radius 3 is 2.45 bits per heavy atom. The average molecular weight is 299 g/mol. The average Bonchev–Trinajstić information content (AvgIpc) is 2.39. The SMILES string of the molecule is COC(=O)C(CN(C)Cc1ccc(Cl)cc1)NC(C)=O. The van der Waals surface area contributed by atoms with Crippen molar-refractivity contribution in [2.24, 2.45) is 0 Å². The minimum absolute atomic E-state index is 0.264. The largest absolute Gasteiger partial charge is 0.467 e. The van der Waals surface area contributed by atoms with Crippen LogP contribution in [0.2, 0.25) is 5.02 Å². The number of rotatable bonds is 6. The number of carbonyl (C=O) groups excluding carboxylic acids is 2. The Balaban J connectivity index is 2.60. The molecule has 0 fully saturated rings. The highest BCUT2D eigenvalue weighted by molar-refractivity contribution is 6.30. The Bertz CT molecular complexity index is 462. The Morgan fingerprint density at radius 1 is 1.35 bits per heavy atom. The van der Waals surface area contributed by atoms with Crippen LogP contribution in [0, 0.1) is 0 Å². The molecule has 0 aliphatic rings. The minimum Gasteiger partial charge on any atom is -0.467 e. The van der Waals surface area contributed by atoms with Gasteiger partial charge in [0.25, 0.3) is 0 Å². The van der Waals surface area contributed by atoms with E-state index in [-0.39, 0.29) is 5.91 Å². The van der Waals surface area contributed by atoms with Crippen molar-refractivity contribution in [2.75, 3.05) is 20.7 Å². The maximum Gasteiger partial charge on any atom is 0.329 e. The zero-order valence-electron chi connectivity index (χ0n) is 11.9. The van der Waals surface area contributed by atoms with Crippen molar-refractivity contribution in [3.63, 3.8) is 0 Å². The molecule has 0 aliphatic carbocycles. The van der Waals surface area contributed by atoms with Crippen LogP contribution in [0.5, 0.6) is 0 Å². The lowest BCUT2D eigenvalue weighted by Gasteiger charge is -2.23. The van der Waals surface area contributed by atoms with Crippen molar-refractivity contribution in [1.82, 2.24) is 10.2 Å². The van der Waals surface area contributed by atoms with Crippen LogP contribution in [0.1, 0.15) is 12.5 Å². The summed E-state index contributed by atoms with van der Waals surface area (Å²) in [6.45, 7) is 2.38. The third kappa shape index (κ3) is 5.59. The molecule has 0 aromatic heterocycles. The quantitative estimate of drug-likeness (QED) is 0.808. The molecule has 1 rings (SSSR count). The van der Waals surface area contributed by atoms with Gasteiger partial charge in [-0.3, -0.25) is 9.69 Å². The maximum absolute atomic E-state index is 11.6. The standard InChI is InChI=1S/C14H19ClN2O3/c1-10(18)16-13(14(19)20-3)9-17(2)8-11-4-6-12(15)7-5-11/h4-7,13H,8-9H2,1-3H3,(H,16,18). The van der Waals surface area contributed by atoms with Gasteiger partial charge in [0.15, 0.2) is 0 Å². The second kappa shape index (κ2) is 7.87. The van der Waals surface area contributed by atoms with E-state index in [0.717, 1.165) is 5.56 Å². The number of methoxy groups -OCH3 is 1. The van der Waals surface area contributed by atoms with Gasteiger partial charge < -0.3 is 10.1 Å². The first-order valence-electron chi connectivity index (χ1n) is 6.20. The monoisotopic (exact) mass is 298 g/mol. The fourth-order valence-electron chi connectivity index (χ4n) is 1.84. The molecule has 0 saturated carbocycles. The summed E-state index contributed by atoms with van der Waals surface area (Å²) in [5, 5.41) is 3.26. The summed E-state index contributed by atoms with van der Waals surface area (Å²) < 4.78 is 4.68. The molecule has 1 unspecified atom stereocenters. The molecule has 20 heavy (non-hydrogen) atoms. The second-order valence-electron chi connectivity index (χ2n) is 4.60. The van der Waals surface area contributed by atoms with Crippen LogP contribution < -0.4 is 5.32 Å². The number of hydrogen-bond acceptors (Lipinski definition) is 4. The van der Waals surface area contributed by atoms with Gasteiger partial charge >= 0.3 is 5.97 Å². The first-order chi connectivity index (χ1) is 9.42. The zero-order chi connectivity index (χ0) is 15.1. The lowest BCUT2D eigenvalue weighted by Crippen LogP contribution is -2.47. The van der Waals surface area contributed by atoms with E-state index >= 15 is 0 Å². The van der Waals surface area contributed by atoms with E-state index in [2.05, 4.69) is 10.1 Å². The third-order valence-electron chi connectivity index (χ3n) is 2.72. The summed E-state index contributed by atoms with van der Waals surface area (Å²) >= 11 is 5.83. The van der Waals surface area contributed by atoms with E-state index in [1.165, 1.54) is 14.0 Å². The third-order valence-corrected chi connectivity index (χ3v) is 2.98. The van der Waals surface area contributed by atoms with E-state index in [1.54, 1.807) is 0 Å². The number of nitrogens with zero attached hydrogens (tertiary/aromatic N) is 1. The predicted molar refractivity (Wildman–Crippen MR) is 77.4 cm³/mol. The molecule has 0 spiro atoms. The van der Waals surface area contributed by atoms with Crippen LogP contribution in [-0.4, -0.2) is 43.5 Å². The molecule has 0 saturated heterocycles. The summed E-state index contributed by atoms with van der Waals surface area (Å²) in [6, 6.07) is 6.80. The number of benzene rings is 1. The molecular weight excluding hydrogens is 280 g/mol.